The van der Waals surface area contributed by atoms with Crippen molar-refractivity contribution >= 4 is 23.5 Å². The van der Waals surface area contributed by atoms with Gasteiger partial charge in [0.05, 0.1) is 6.10 Å². The minimum Gasteiger partial charge on any atom is -0.475 e. The molecule has 8 heteroatoms. The summed E-state index contributed by atoms with van der Waals surface area (Å²) in [7, 11) is 0. The lowest BCUT2D eigenvalue weighted by Crippen LogP contribution is -2.70. The standard InChI is InChI=1S/C25H31FO7/c1-5-19(29)33-25(20(30)21(31)32)13(2)10-17-16-7-6-14-11-15(27)8-9-22(14,3)24(16,26)18(28)12-23(17,25)4/h8-9,11,13,16-18,28H,5-7,10,12H2,1-4H3,(H,31,32)/t13-,16-,17-,18-,22-,23-,24-,25-/m0/s1. The third-order valence-corrected chi connectivity index (χ3v) is 9.28. The number of rotatable bonds is 4. The molecule has 0 aliphatic heterocycles. The van der Waals surface area contributed by atoms with E-state index < -0.39 is 63.7 Å². The summed E-state index contributed by atoms with van der Waals surface area (Å²) in [5, 5.41) is 21.0. The van der Waals surface area contributed by atoms with Crippen molar-refractivity contribution in [3.63, 3.8) is 0 Å². The minimum atomic E-state index is -2.12. The molecule has 4 aliphatic carbocycles. The molecule has 0 radical (unpaired) electrons. The van der Waals surface area contributed by atoms with E-state index in [1.54, 1.807) is 27.7 Å². The first-order valence-corrected chi connectivity index (χ1v) is 11.6. The van der Waals surface area contributed by atoms with Gasteiger partial charge in [0.1, 0.15) is 0 Å². The van der Waals surface area contributed by atoms with Crippen molar-refractivity contribution in [3.05, 3.63) is 23.8 Å². The Bertz CT molecular complexity index is 1000. The maximum Gasteiger partial charge on any atom is 0.376 e. The fraction of sp³-hybridized carbons (Fsp3) is 0.680. The fourth-order valence-electron chi connectivity index (χ4n) is 7.69. The number of aliphatic hydroxyl groups is 1. The predicted octanol–water partition coefficient (Wildman–Crippen LogP) is 2.95. The fourth-order valence-corrected chi connectivity index (χ4v) is 7.69. The van der Waals surface area contributed by atoms with E-state index in [-0.39, 0.29) is 25.0 Å². The highest BCUT2D eigenvalue weighted by atomic mass is 19.1. The number of carboxylic acids is 1. The van der Waals surface area contributed by atoms with E-state index in [2.05, 4.69) is 0 Å². The summed E-state index contributed by atoms with van der Waals surface area (Å²) < 4.78 is 22.9. The van der Waals surface area contributed by atoms with E-state index in [4.69, 9.17) is 4.74 Å². The molecule has 7 nitrogen and oxygen atoms in total. The van der Waals surface area contributed by atoms with E-state index >= 15 is 4.39 Å². The van der Waals surface area contributed by atoms with Gasteiger partial charge in [0, 0.05) is 29.1 Å². The van der Waals surface area contributed by atoms with Gasteiger partial charge in [-0.1, -0.05) is 32.4 Å². The van der Waals surface area contributed by atoms with E-state index in [0.717, 1.165) is 0 Å². The van der Waals surface area contributed by atoms with Crippen LogP contribution in [0.15, 0.2) is 23.8 Å². The largest absolute Gasteiger partial charge is 0.475 e. The third-order valence-electron chi connectivity index (χ3n) is 9.28. The van der Waals surface area contributed by atoms with Crippen LogP contribution in [0.1, 0.15) is 59.8 Å². The van der Waals surface area contributed by atoms with Gasteiger partial charge in [0.25, 0.3) is 5.78 Å². The van der Waals surface area contributed by atoms with Gasteiger partial charge >= 0.3 is 11.9 Å². The van der Waals surface area contributed by atoms with Gasteiger partial charge in [-0.05, 0) is 50.7 Å². The van der Waals surface area contributed by atoms with Gasteiger partial charge in [0.2, 0.25) is 0 Å². The summed E-state index contributed by atoms with van der Waals surface area (Å²) >= 11 is 0. The number of ether oxygens (including phenoxy) is 1. The number of fused-ring (bicyclic) bond motifs is 5. The second kappa shape index (κ2) is 7.32. The molecule has 0 heterocycles. The molecule has 0 saturated heterocycles. The predicted molar refractivity (Wildman–Crippen MR) is 115 cm³/mol. The normalized spacial score (nSPS) is 46.0. The Kier molecular flexibility index (Phi) is 5.28. The van der Waals surface area contributed by atoms with Gasteiger partial charge in [0.15, 0.2) is 17.1 Å². The number of esters is 1. The summed E-state index contributed by atoms with van der Waals surface area (Å²) in [5.74, 6) is -5.75. The average Bonchev–Trinajstić information content (AvgIpc) is 2.96. The smallest absolute Gasteiger partial charge is 0.376 e. The zero-order valence-electron chi connectivity index (χ0n) is 19.4. The number of carbonyl (C=O) groups is 4. The van der Waals surface area contributed by atoms with Crippen molar-refractivity contribution in [2.45, 2.75) is 77.2 Å². The van der Waals surface area contributed by atoms with Crippen LogP contribution < -0.4 is 0 Å². The summed E-state index contributed by atoms with van der Waals surface area (Å²) in [6.45, 7) is 6.55. The summed E-state index contributed by atoms with van der Waals surface area (Å²) in [4.78, 5) is 49.4. The van der Waals surface area contributed by atoms with Crippen molar-refractivity contribution in [1.29, 1.82) is 0 Å². The molecule has 0 amide bonds. The number of aliphatic carboxylic acids is 1. The number of carboxylic acid groups (broad SMARTS) is 1. The number of hydrogen-bond acceptors (Lipinski definition) is 6. The molecule has 0 aromatic heterocycles. The maximum atomic E-state index is 17.2. The zero-order chi connectivity index (χ0) is 24.6. The van der Waals surface area contributed by atoms with Crippen LogP contribution in [0.2, 0.25) is 0 Å². The average molecular weight is 463 g/mol. The highest BCUT2D eigenvalue weighted by Crippen LogP contribution is 2.71. The zero-order valence-corrected chi connectivity index (χ0v) is 19.4. The summed E-state index contributed by atoms with van der Waals surface area (Å²) in [6.07, 6.45) is 3.53. The van der Waals surface area contributed by atoms with Gasteiger partial charge in [-0.15, -0.1) is 0 Å². The Balaban J connectivity index is 1.87. The number of hydrogen-bond donors (Lipinski definition) is 2. The number of halogens is 1. The first kappa shape index (κ1) is 23.8. The molecule has 0 bridgehead atoms. The molecule has 0 aromatic rings. The summed E-state index contributed by atoms with van der Waals surface area (Å²) in [5.41, 5.74) is -5.94. The van der Waals surface area contributed by atoms with Crippen LogP contribution in [0.3, 0.4) is 0 Å². The Hall–Kier alpha value is -2.35. The van der Waals surface area contributed by atoms with Crippen molar-refractivity contribution in [2.75, 3.05) is 0 Å². The van der Waals surface area contributed by atoms with Crippen LogP contribution in [0, 0.1) is 28.6 Å². The molecule has 3 saturated carbocycles. The molecule has 180 valence electrons. The van der Waals surface area contributed by atoms with Crippen molar-refractivity contribution in [1.82, 2.24) is 0 Å². The van der Waals surface area contributed by atoms with E-state index in [9.17, 15) is 29.4 Å². The first-order chi connectivity index (χ1) is 15.3. The molecular weight excluding hydrogens is 431 g/mol. The van der Waals surface area contributed by atoms with Crippen LogP contribution in [0.4, 0.5) is 4.39 Å². The molecular formula is C25H31FO7. The van der Waals surface area contributed by atoms with Gasteiger partial charge in [-0.3, -0.25) is 14.4 Å². The van der Waals surface area contributed by atoms with Gasteiger partial charge < -0.3 is 14.9 Å². The number of allylic oxidation sites excluding steroid dienone is 4. The lowest BCUT2D eigenvalue weighted by molar-refractivity contribution is -0.228. The lowest BCUT2D eigenvalue weighted by Gasteiger charge is -2.62. The molecule has 3 fully saturated rings. The van der Waals surface area contributed by atoms with Crippen LogP contribution in [0.25, 0.3) is 0 Å². The van der Waals surface area contributed by atoms with Crippen LogP contribution in [-0.2, 0) is 23.9 Å². The summed E-state index contributed by atoms with van der Waals surface area (Å²) in [6, 6.07) is 0. The minimum absolute atomic E-state index is 0.0494. The van der Waals surface area contributed by atoms with Crippen molar-refractivity contribution in [2.24, 2.45) is 28.6 Å². The second-order valence-corrected chi connectivity index (χ2v) is 10.6. The number of carbonyl (C=O) groups excluding carboxylic acids is 3. The van der Waals surface area contributed by atoms with E-state index in [1.807, 2.05) is 0 Å². The quantitative estimate of drug-likeness (QED) is 0.487. The monoisotopic (exact) mass is 462 g/mol. The topological polar surface area (TPSA) is 118 Å². The van der Waals surface area contributed by atoms with Gasteiger partial charge in [-0.25, -0.2) is 9.18 Å². The van der Waals surface area contributed by atoms with Crippen molar-refractivity contribution in [3.8, 4) is 0 Å². The Morgan fingerprint density at radius 3 is 2.52 bits per heavy atom. The lowest BCUT2D eigenvalue weighted by atomic mass is 9.44. The second-order valence-electron chi connectivity index (χ2n) is 10.6. The maximum absolute atomic E-state index is 17.2. The molecule has 4 aliphatic rings. The van der Waals surface area contributed by atoms with Gasteiger partial charge in [-0.2, -0.15) is 0 Å². The first-order valence-electron chi connectivity index (χ1n) is 11.6. The Morgan fingerprint density at radius 2 is 1.91 bits per heavy atom. The SMILES string of the molecule is CCC(=O)O[C@]1(C(=O)C(=O)O)[C@@H](C)C[C@H]2[C@@H]3CCC4=CC(=O)C=C[C@]4(C)[C@@]3(F)[C@@H](O)C[C@@]21C. The van der Waals surface area contributed by atoms with E-state index in [0.29, 0.717) is 18.4 Å². The van der Waals surface area contributed by atoms with Crippen molar-refractivity contribution < 1.29 is 38.5 Å². The number of Topliss-reactive ketones (excluding diaryl/α,β-unsaturated/α-hetero) is 1. The van der Waals surface area contributed by atoms with Crippen LogP contribution in [0.5, 0.6) is 0 Å². The Morgan fingerprint density at radius 1 is 1.24 bits per heavy atom. The molecule has 0 spiro atoms. The number of ketones is 2. The molecule has 0 unspecified atom stereocenters. The van der Waals surface area contributed by atoms with E-state index in [1.165, 1.54) is 18.2 Å². The van der Waals surface area contributed by atoms with Crippen LogP contribution in [-0.4, -0.2) is 51.1 Å². The molecule has 0 aromatic carbocycles. The number of aliphatic hydroxyl groups excluding tert-OH is 1. The Labute approximate surface area is 192 Å². The molecule has 8 atom stereocenters. The third kappa shape index (κ3) is 2.76. The highest BCUT2D eigenvalue weighted by Gasteiger charge is 2.77. The molecule has 33 heavy (non-hydrogen) atoms. The molecule has 4 rings (SSSR count). The highest BCUT2D eigenvalue weighted by molar-refractivity contribution is 6.36. The number of alkyl halides is 1. The van der Waals surface area contributed by atoms with Crippen LogP contribution >= 0.6 is 0 Å². The molecule has 2 N–H and O–H groups in total.